The van der Waals surface area contributed by atoms with E-state index in [0.717, 1.165) is 37.3 Å². The van der Waals surface area contributed by atoms with Crippen LogP contribution >= 0.6 is 0 Å². The number of amides is 1. The second kappa shape index (κ2) is 9.67. The maximum absolute atomic E-state index is 12.0. The monoisotopic (exact) mass is 369 g/mol. The molecule has 0 bridgehead atoms. The van der Waals surface area contributed by atoms with E-state index in [9.17, 15) is 4.79 Å². The predicted octanol–water partition coefficient (Wildman–Crippen LogP) is 2.04. The molecule has 1 aromatic carbocycles. The van der Waals surface area contributed by atoms with Crippen molar-refractivity contribution in [2.45, 2.75) is 39.9 Å². The number of piperazine rings is 1. The largest absolute Gasteiger partial charge is 0.352 e. The Bertz CT molecular complexity index is 716. The summed E-state index contributed by atoms with van der Waals surface area (Å²) in [4.78, 5) is 17.0. The Morgan fingerprint density at radius 2 is 1.74 bits per heavy atom. The molecule has 1 aliphatic rings. The summed E-state index contributed by atoms with van der Waals surface area (Å²) in [6, 6.07) is 8.60. The molecular weight excluding hydrogens is 338 g/mol. The zero-order chi connectivity index (χ0) is 19.1. The van der Waals surface area contributed by atoms with Crippen LogP contribution in [0.4, 0.5) is 0 Å². The summed E-state index contributed by atoms with van der Waals surface area (Å²) in [7, 11) is 0. The Morgan fingerprint density at radius 1 is 1.07 bits per heavy atom. The lowest BCUT2D eigenvalue weighted by atomic mass is 10.1. The van der Waals surface area contributed by atoms with Gasteiger partial charge in [0.1, 0.15) is 0 Å². The third kappa shape index (κ3) is 6.19. The summed E-state index contributed by atoms with van der Waals surface area (Å²) in [5.74, 6) is 0.0565. The van der Waals surface area contributed by atoms with Gasteiger partial charge >= 0.3 is 0 Å². The highest BCUT2D eigenvalue weighted by Gasteiger charge is 2.15. The normalized spacial score (nSPS) is 15.8. The van der Waals surface area contributed by atoms with E-state index in [4.69, 9.17) is 0 Å². The number of carbonyl (C=O) groups excluding carboxylic acids is 1. The van der Waals surface area contributed by atoms with Gasteiger partial charge in [-0.1, -0.05) is 31.2 Å². The molecule has 146 valence electrons. The van der Waals surface area contributed by atoms with Gasteiger partial charge in [-0.05, 0) is 30.2 Å². The number of hydrogen-bond donors (Lipinski definition) is 1. The molecule has 6 nitrogen and oxygen atoms in total. The van der Waals surface area contributed by atoms with Crippen molar-refractivity contribution in [2.75, 3.05) is 32.7 Å². The van der Waals surface area contributed by atoms with Crippen LogP contribution in [0.1, 0.15) is 30.0 Å². The van der Waals surface area contributed by atoms with E-state index in [1.54, 1.807) is 0 Å². The summed E-state index contributed by atoms with van der Waals surface area (Å²) in [6.45, 7) is 12.2. The number of nitrogens with one attached hydrogen (secondary N) is 1. The minimum absolute atomic E-state index is 0.0565. The summed E-state index contributed by atoms with van der Waals surface area (Å²) in [6.07, 6.45) is 4.21. The molecule has 2 aromatic rings. The number of rotatable bonds is 8. The number of hydrogen-bond acceptors (Lipinski definition) is 4. The van der Waals surface area contributed by atoms with Gasteiger partial charge in [0.25, 0.3) is 0 Å². The Hall–Kier alpha value is -2.18. The summed E-state index contributed by atoms with van der Waals surface area (Å²) >= 11 is 0. The van der Waals surface area contributed by atoms with Crippen molar-refractivity contribution >= 4 is 5.91 Å². The number of aromatic nitrogens is 2. The zero-order valence-electron chi connectivity index (χ0n) is 16.5. The molecule has 0 aliphatic carbocycles. The first-order chi connectivity index (χ1) is 13.1. The van der Waals surface area contributed by atoms with Crippen molar-refractivity contribution in [2.24, 2.45) is 0 Å². The molecule has 1 saturated heterocycles. The lowest BCUT2D eigenvalue weighted by molar-refractivity contribution is -0.121. The molecule has 1 fully saturated rings. The fourth-order valence-corrected chi connectivity index (χ4v) is 3.38. The summed E-state index contributed by atoms with van der Waals surface area (Å²) in [5.41, 5.74) is 3.59. The quantitative estimate of drug-likeness (QED) is 0.774. The molecule has 1 aliphatic heterocycles. The van der Waals surface area contributed by atoms with Crippen molar-refractivity contribution in [1.82, 2.24) is 24.9 Å². The molecule has 1 amide bonds. The number of likely N-dealkylation sites (N-methyl/N-ethyl adjacent to an activating group) is 1. The Morgan fingerprint density at radius 3 is 2.37 bits per heavy atom. The van der Waals surface area contributed by atoms with Crippen LogP contribution in [0.2, 0.25) is 0 Å². The van der Waals surface area contributed by atoms with Crippen molar-refractivity contribution in [3.8, 4) is 0 Å². The van der Waals surface area contributed by atoms with Gasteiger partial charge in [-0.25, -0.2) is 0 Å². The molecule has 1 aromatic heterocycles. The smallest absolute Gasteiger partial charge is 0.222 e. The Kier molecular flexibility index (Phi) is 7.01. The molecular formula is C21H31N5O. The van der Waals surface area contributed by atoms with E-state index in [-0.39, 0.29) is 5.91 Å². The van der Waals surface area contributed by atoms with Gasteiger partial charge < -0.3 is 10.2 Å². The van der Waals surface area contributed by atoms with E-state index in [0.29, 0.717) is 19.5 Å². The first-order valence-corrected chi connectivity index (χ1v) is 9.90. The fraction of sp³-hybridized carbons (Fsp3) is 0.524. The number of nitrogens with zero attached hydrogens (tertiary/aromatic N) is 4. The van der Waals surface area contributed by atoms with Gasteiger partial charge in [0.05, 0.1) is 6.20 Å². The van der Waals surface area contributed by atoms with Crippen molar-refractivity contribution in [1.29, 1.82) is 0 Å². The van der Waals surface area contributed by atoms with Crippen LogP contribution in [-0.2, 0) is 24.4 Å². The second-order valence-corrected chi connectivity index (χ2v) is 7.33. The highest BCUT2D eigenvalue weighted by Crippen LogP contribution is 2.10. The maximum Gasteiger partial charge on any atom is 0.222 e. The maximum atomic E-state index is 12.0. The lowest BCUT2D eigenvalue weighted by Gasteiger charge is -2.34. The molecule has 0 saturated carbocycles. The average molecular weight is 370 g/mol. The highest BCUT2D eigenvalue weighted by molar-refractivity contribution is 5.75. The molecule has 0 spiro atoms. The molecule has 0 atom stereocenters. The standard InChI is InChI=1S/C21H31N5O/c1-3-24-10-12-25(13-11-24)17-20-6-4-19(5-7-20)15-22-21(27)8-9-26-16-18(2)14-23-26/h4-7,14,16H,3,8-13,15,17H2,1-2H3,(H,22,27). The third-order valence-electron chi connectivity index (χ3n) is 5.16. The van der Waals surface area contributed by atoms with Crippen LogP contribution in [0.5, 0.6) is 0 Å². The van der Waals surface area contributed by atoms with Crippen molar-refractivity contribution in [3.05, 3.63) is 53.3 Å². The first kappa shape index (κ1) is 19.6. The second-order valence-electron chi connectivity index (χ2n) is 7.33. The molecule has 0 unspecified atom stereocenters. The fourth-order valence-electron chi connectivity index (χ4n) is 3.38. The van der Waals surface area contributed by atoms with E-state index in [1.807, 2.05) is 24.0 Å². The van der Waals surface area contributed by atoms with E-state index >= 15 is 0 Å². The van der Waals surface area contributed by atoms with Gasteiger partial charge in [0.15, 0.2) is 0 Å². The SMILES string of the molecule is CCN1CCN(Cc2ccc(CNC(=O)CCn3cc(C)cn3)cc2)CC1. The number of carbonyl (C=O) groups is 1. The molecule has 3 rings (SSSR count). The highest BCUT2D eigenvalue weighted by atomic mass is 16.1. The molecule has 27 heavy (non-hydrogen) atoms. The molecule has 0 radical (unpaired) electrons. The molecule has 6 heteroatoms. The van der Waals surface area contributed by atoms with Crippen molar-refractivity contribution < 1.29 is 4.79 Å². The van der Waals surface area contributed by atoms with Crippen molar-refractivity contribution in [3.63, 3.8) is 0 Å². The third-order valence-corrected chi connectivity index (χ3v) is 5.16. The lowest BCUT2D eigenvalue weighted by Crippen LogP contribution is -2.45. The van der Waals surface area contributed by atoms with Crippen LogP contribution < -0.4 is 5.32 Å². The van der Waals surface area contributed by atoms with Crippen LogP contribution in [0, 0.1) is 6.92 Å². The summed E-state index contributed by atoms with van der Waals surface area (Å²) < 4.78 is 1.81. The van der Waals surface area contributed by atoms with E-state index < -0.39 is 0 Å². The summed E-state index contributed by atoms with van der Waals surface area (Å²) in [5, 5.41) is 7.19. The topological polar surface area (TPSA) is 53.4 Å². The van der Waals surface area contributed by atoms with Crippen LogP contribution in [0.15, 0.2) is 36.7 Å². The minimum Gasteiger partial charge on any atom is -0.352 e. The minimum atomic E-state index is 0.0565. The van der Waals surface area contributed by atoms with Crippen LogP contribution in [-0.4, -0.2) is 58.2 Å². The Labute approximate surface area is 162 Å². The van der Waals surface area contributed by atoms with Crippen LogP contribution in [0.3, 0.4) is 0 Å². The van der Waals surface area contributed by atoms with Gasteiger partial charge in [0.2, 0.25) is 5.91 Å². The zero-order valence-corrected chi connectivity index (χ0v) is 16.5. The Balaban J connectivity index is 1.38. The van der Waals surface area contributed by atoms with Gasteiger partial charge in [-0.15, -0.1) is 0 Å². The number of benzene rings is 1. The first-order valence-electron chi connectivity index (χ1n) is 9.90. The van der Waals surface area contributed by atoms with Crippen LogP contribution in [0.25, 0.3) is 0 Å². The number of aryl methyl sites for hydroxylation is 2. The van der Waals surface area contributed by atoms with E-state index in [1.165, 1.54) is 18.7 Å². The predicted molar refractivity (Wildman–Crippen MR) is 107 cm³/mol. The van der Waals surface area contributed by atoms with Gasteiger partial charge in [-0.2, -0.15) is 5.10 Å². The molecule has 1 N–H and O–H groups in total. The molecule has 2 heterocycles. The van der Waals surface area contributed by atoms with Gasteiger partial charge in [0, 0.05) is 58.4 Å². The van der Waals surface area contributed by atoms with E-state index in [2.05, 4.69) is 51.4 Å². The van der Waals surface area contributed by atoms with Gasteiger partial charge in [-0.3, -0.25) is 14.4 Å². The average Bonchev–Trinajstić information content (AvgIpc) is 3.12.